The van der Waals surface area contributed by atoms with E-state index in [4.69, 9.17) is 27.6 Å². The predicted molar refractivity (Wildman–Crippen MR) is 215 cm³/mol. The number of phosphoric ester groups is 2. The van der Waals surface area contributed by atoms with Crippen LogP contribution in [0.15, 0.2) is 27.9 Å². The third-order valence-corrected chi connectivity index (χ3v) is 14.1. The van der Waals surface area contributed by atoms with Gasteiger partial charge in [0, 0.05) is 66.6 Å². The van der Waals surface area contributed by atoms with Crippen LogP contribution >= 0.6 is 23.5 Å². The normalized spacial score (nSPS) is 18.4. The monoisotopic (exact) mass is 956 g/mol. The Morgan fingerprint density at radius 3 is 2.19 bits per heavy atom. The number of alkyl carbamates (subject to hydrolysis) is 1. The van der Waals surface area contributed by atoms with Crippen molar-refractivity contribution in [3.63, 3.8) is 0 Å². The molecule has 1 aliphatic carbocycles. The molecule has 27 nitrogen and oxygen atoms in total. The molecule has 1 heterocycles. The molecule has 30 heteroatoms. The summed E-state index contributed by atoms with van der Waals surface area (Å²) < 4.78 is 88.7. The Morgan fingerprint density at radius 1 is 0.952 bits per heavy atom. The number of nitrogens with one attached hydrogen (secondary N) is 4. The van der Waals surface area contributed by atoms with Gasteiger partial charge in [-0.2, -0.15) is 8.62 Å². The minimum absolute atomic E-state index is 0.00926. The highest BCUT2D eigenvalue weighted by Gasteiger charge is 2.46. The summed E-state index contributed by atoms with van der Waals surface area (Å²) in [5.41, 5.74) is -2.54. The first-order valence-electron chi connectivity index (χ1n) is 18.2. The summed E-state index contributed by atoms with van der Waals surface area (Å²) in [6.07, 6.45) is -2.36. The Kier molecular flexibility index (Phi) is 19.7. The van der Waals surface area contributed by atoms with Gasteiger partial charge in [0.15, 0.2) is 18.1 Å². The Hall–Kier alpha value is -4.96. The van der Waals surface area contributed by atoms with Gasteiger partial charge in [0.05, 0.1) is 42.9 Å². The second-order valence-corrected chi connectivity index (χ2v) is 18.5. The quantitative estimate of drug-likeness (QED) is 0.0350. The standard InChI is InChI=1S/C33H47N6O21P3/c1-20(25-15-28(51-3)29(16-26(25)39(46)47)56-19-30(42)35-12-11-34-21(2)40)58-33(45)36-10-8-9-22-17-38(32(44)37-31(22)43)24-13-23(27(41)14-24)18-57-62(49,54-6)60-63(50,55-7)59-61(48,52-4)53-5/h15-17,20,23-24,27,41H,10-14,18-19H2,1-7H3,(H,34,40)(H,35,42)(H,36,45)(H,37,43,44)/t20?,23-,24-,27?,62?,63?/m1/s1. The average molecular weight is 957 g/mol. The van der Waals surface area contributed by atoms with E-state index in [1.165, 1.54) is 27.0 Å². The van der Waals surface area contributed by atoms with Crippen LogP contribution in [0.3, 0.4) is 0 Å². The number of aliphatic hydroxyl groups is 1. The second-order valence-electron chi connectivity index (χ2n) is 12.8. The molecular formula is C33H47N6O21P3. The minimum Gasteiger partial charge on any atom is -0.493 e. The molecule has 350 valence electrons. The van der Waals surface area contributed by atoms with E-state index in [1.807, 2.05) is 0 Å². The number of nitro groups is 1. The van der Waals surface area contributed by atoms with Crippen molar-refractivity contribution >= 4 is 47.1 Å². The number of H-pyrrole nitrogens is 1. The maximum atomic E-state index is 13.2. The van der Waals surface area contributed by atoms with E-state index < -0.39 is 101 Å². The van der Waals surface area contributed by atoms with Crippen molar-refractivity contribution in [1.29, 1.82) is 0 Å². The van der Waals surface area contributed by atoms with Gasteiger partial charge in [0.25, 0.3) is 17.2 Å². The van der Waals surface area contributed by atoms with E-state index in [9.17, 15) is 52.9 Å². The average Bonchev–Trinajstić information content (AvgIpc) is 3.61. The molecule has 0 radical (unpaired) electrons. The van der Waals surface area contributed by atoms with E-state index in [-0.39, 0.29) is 54.5 Å². The lowest BCUT2D eigenvalue weighted by Crippen LogP contribution is -2.36. The highest BCUT2D eigenvalue weighted by molar-refractivity contribution is 7.67. The van der Waals surface area contributed by atoms with Gasteiger partial charge in [-0.15, -0.1) is 0 Å². The van der Waals surface area contributed by atoms with Crippen LogP contribution < -0.4 is 36.7 Å². The second kappa shape index (κ2) is 23.6. The molecule has 1 aromatic carbocycles. The summed E-state index contributed by atoms with van der Waals surface area (Å²) in [4.78, 5) is 74.4. The minimum atomic E-state index is -4.96. The summed E-state index contributed by atoms with van der Waals surface area (Å²) in [6.45, 7) is 1.48. The molecule has 1 aliphatic rings. The zero-order valence-electron chi connectivity index (χ0n) is 34.8. The van der Waals surface area contributed by atoms with Crippen LogP contribution in [0.2, 0.25) is 0 Å². The first-order chi connectivity index (χ1) is 29.6. The Labute approximate surface area is 358 Å². The molecule has 6 atom stereocenters. The number of ether oxygens (including phenoxy) is 3. The molecule has 2 aromatic rings. The van der Waals surface area contributed by atoms with Crippen molar-refractivity contribution in [2.45, 2.75) is 44.9 Å². The number of carbonyl (C=O) groups is 3. The van der Waals surface area contributed by atoms with Crippen molar-refractivity contribution in [3.8, 4) is 23.3 Å². The number of hydrogen-bond acceptors (Lipinski definition) is 21. The van der Waals surface area contributed by atoms with Crippen molar-refractivity contribution in [2.75, 3.05) is 68.4 Å². The first kappa shape index (κ1) is 52.4. The molecular weight excluding hydrogens is 909 g/mol. The number of nitro benzene ring substituents is 1. The largest absolute Gasteiger partial charge is 0.493 e. The van der Waals surface area contributed by atoms with E-state index in [0.29, 0.717) is 0 Å². The zero-order valence-corrected chi connectivity index (χ0v) is 37.5. The molecule has 1 fully saturated rings. The fourth-order valence-electron chi connectivity index (χ4n) is 5.57. The van der Waals surface area contributed by atoms with E-state index in [2.05, 4.69) is 50.7 Å². The van der Waals surface area contributed by atoms with Crippen LogP contribution in [0.4, 0.5) is 10.5 Å². The lowest BCUT2D eigenvalue weighted by atomic mass is 10.1. The highest BCUT2D eigenvalue weighted by atomic mass is 31.3. The fourth-order valence-corrected chi connectivity index (χ4v) is 10.1. The summed E-state index contributed by atoms with van der Waals surface area (Å²) in [7, 11) is -9.48. The van der Waals surface area contributed by atoms with E-state index in [0.717, 1.165) is 45.3 Å². The van der Waals surface area contributed by atoms with E-state index in [1.54, 1.807) is 0 Å². The lowest BCUT2D eigenvalue weighted by Gasteiger charge is -2.24. The molecule has 1 saturated carbocycles. The highest BCUT2D eigenvalue weighted by Crippen LogP contribution is 2.72. The van der Waals surface area contributed by atoms with Gasteiger partial charge < -0.3 is 35.3 Å². The van der Waals surface area contributed by atoms with Gasteiger partial charge >= 0.3 is 35.3 Å². The molecule has 4 unspecified atom stereocenters. The van der Waals surface area contributed by atoms with Crippen LogP contribution in [0.1, 0.15) is 50.0 Å². The molecule has 3 rings (SSSR count). The Balaban J connectivity index is 1.64. The molecule has 0 spiro atoms. The zero-order chi connectivity index (χ0) is 47.1. The topological polar surface area (TPSA) is 349 Å². The van der Waals surface area contributed by atoms with Crippen molar-refractivity contribution in [1.82, 2.24) is 25.5 Å². The molecule has 0 bridgehead atoms. The predicted octanol–water partition coefficient (Wildman–Crippen LogP) is 2.20. The number of carbonyl (C=O) groups excluding carboxylic acids is 3. The third-order valence-electron chi connectivity index (χ3n) is 8.69. The Morgan fingerprint density at radius 2 is 1.59 bits per heavy atom. The molecule has 5 N–H and O–H groups in total. The van der Waals surface area contributed by atoms with Crippen LogP contribution in [0.5, 0.6) is 11.5 Å². The summed E-state index contributed by atoms with van der Waals surface area (Å²) in [5.74, 6) is 3.20. The molecule has 63 heavy (non-hydrogen) atoms. The number of rotatable bonds is 23. The smallest absolute Gasteiger partial charge is 0.492 e. The molecule has 3 amide bonds. The number of nitrogens with zero attached hydrogens (tertiary/aromatic N) is 2. The summed E-state index contributed by atoms with van der Waals surface area (Å²) >= 11 is 0. The maximum Gasteiger partial charge on any atom is 0.492 e. The van der Waals surface area contributed by atoms with Crippen LogP contribution in [-0.4, -0.2) is 112 Å². The number of hydrogen-bond donors (Lipinski definition) is 5. The van der Waals surface area contributed by atoms with Crippen molar-refractivity contribution in [2.24, 2.45) is 5.92 Å². The lowest BCUT2D eigenvalue weighted by molar-refractivity contribution is -0.386. The van der Waals surface area contributed by atoms with Gasteiger partial charge in [-0.25, -0.2) is 23.3 Å². The van der Waals surface area contributed by atoms with Crippen LogP contribution in [0.25, 0.3) is 0 Å². The van der Waals surface area contributed by atoms with E-state index >= 15 is 0 Å². The molecule has 0 saturated heterocycles. The van der Waals surface area contributed by atoms with Gasteiger partial charge in [-0.1, -0.05) is 11.8 Å². The Bertz CT molecular complexity index is 2300. The van der Waals surface area contributed by atoms with Gasteiger partial charge in [0.2, 0.25) is 5.91 Å². The van der Waals surface area contributed by atoms with Gasteiger partial charge in [-0.05, 0) is 25.8 Å². The number of aliphatic hydroxyl groups excluding tert-OH is 1. The fraction of sp³-hybridized carbons (Fsp3) is 0.545. The van der Waals surface area contributed by atoms with Crippen molar-refractivity contribution < 1.29 is 83.6 Å². The van der Waals surface area contributed by atoms with Gasteiger partial charge in [-0.3, -0.25) is 56.7 Å². The number of aromatic amines is 1. The maximum absolute atomic E-state index is 13.2. The van der Waals surface area contributed by atoms with Gasteiger partial charge in [0.1, 0.15) is 11.7 Å². The third kappa shape index (κ3) is 15.4. The number of benzene rings is 1. The molecule has 1 aromatic heterocycles. The number of aromatic nitrogens is 2. The van der Waals surface area contributed by atoms with Crippen LogP contribution in [-0.2, 0) is 59.3 Å². The van der Waals surface area contributed by atoms with Crippen molar-refractivity contribution in [3.05, 3.63) is 60.4 Å². The number of phosphoric acid groups is 3. The molecule has 0 aliphatic heterocycles. The summed E-state index contributed by atoms with van der Waals surface area (Å²) in [6, 6.07) is 1.45. The number of methoxy groups -OCH3 is 1. The summed E-state index contributed by atoms with van der Waals surface area (Å²) in [5, 5.41) is 30.0. The first-order valence-corrected chi connectivity index (χ1v) is 22.6. The van der Waals surface area contributed by atoms with Crippen LogP contribution in [0, 0.1) is 27.9 Å². The number of amides is 3. The SMILES string of the molecule is COc1cc(C(C)OC(=O)NCC#Cc2cn([C@H]3CC(O)[C@@H](COP(=O)(OC)OP(=O)(OC)OP(=O)(OC)OC)C3)c(=O)[nH]c2=O)c([N+](=O)[O-])cc1OCC(=O)NCCNC(C)=O.